The zero-order valence-corrected chi connectivity index (χ0v) is 19.3. The van der Waals surface area contributed by atoms with Crippen molar-refractivity contribution in [2.24, 2.45) is 0 Å². The van der Waals surface area contributed by atoms with Crippen LogP contribution >= 0.6 is 0 Å². The van der Waals surface area contributed by atoms with Crippen LogP contribution in [0.15, 0.2) is 36.4 Å². The van der Waals surface area contributed by atoms with Crippen LogP contribution < -0.4 is 15.4 Å². The van der Waals surface area contributed by atoms with Gasteiger partial charge in [-0.1, -0.05) is 57.5 Å². The Morgan fingerprint density at radius 3 is 2.17 bits per heavy atom. The number of nitrogen functional groups attached to an aromatic ring is 1. The molecule has 1 aromatic carbocycles. The van der Waals surface area contributed by atoms with Gasteiger partial charge in [-0.2, -0.15) is 4.98 Å². The number of pyridine rings is 1. The summed E-state index contributed by atoms with van der Waals surface area (Å²) in [6.45, 7) is 16.4. The third kappa shape index (κ3) is 11.1. The summed E-state index contributed by atoms with van der Waals surface area (Å²) in [5.41, 5.74) is 9.12. The molecule has 0 aliphatic heterocycles. The van der Waals surface area contributed by atoms with Gasteiger partial charge in [0.25, 0.3) is 0 Å². The highest BCUT2D eigenvalue weighted by molar-refractivity contribution is 5.76. The molecule has 0 saturated heterocycles. The van der Waals surface area contributed by atoms with Crippen LogP contribution in [-0.4, -0.2) is 30.4 Å². The predicted octanol–water partition coefficient (Wildman–Crippen LogP) is 6.10. The molecule has 0 bridgehead atoms. The normalized spacial score (nSPS) is 9.66. The highest BCUT2D eigenvalue weighted by Crippen LogP contribution is 2.23. The fourth-order valence-corrected chi connectivity index (χ4v) is 2.67. The molecule has 5 heteroatoms. The summed E-state index contributed by atoms with van der Waals surface area (Å²) in [7, 11) is 0. The van der Waals surface area contributed by atoms with E-state index in [2.05, 4.69) is 23.7 Å². The number of nitrogens with one attached hydrogen (secondary N) is 1. The molecule has 0 amide bonds. The minimum absolute atomic E-state index is 0.109. The molecule has 3 N–H and O–H groups in total. The lowest BCUT2D eigenvalue weighted by atomic mass is 10.2. The number of aryl methyl sites for hydroxylation is 1. The molecule has 0 aliphatic rings. The van der Waals surface area contributed by atoms with Crippen molar-refractivity contribution in [2.45, 2.75) is 67.4 Å². The molecule has 0 aliphatic carbocycles. The molecule has 0 unspecified atom stereocenters. The largest absolute Gasteiger partial charge is 0.475 e. The molecule has 162 valence electrons. The van der Waals surface area contributed by atoms with E-state index in [9.17, 15) is 0 Å². The van der Waals surface area contributed by atoms with Gasteiger partial charge in [0, 0.05) is 37.1 Å². The van der Waals surface area contributed by atoms with Crippen LogP contribution in [0.4, 0.5) is 11.5 Å². The first-order chi connectivity index (χ1) is 13.9. The highest BCUT2D eigenvalue weighted by atomic mass is 16.5. The molecule has 5 nitrogen and oxygen atoms in total. The average Bonchev–Trinajstić information content (AvgIpc) is 2.69. The van der Waals surface area contributed by atoms with E-state index >= 15 is 0 Å². The van der Waals surface area contributed by atoms with E-state index in [4.69, 9.17) is 15.9 Å². The molecule has 0 saturated carbocycles. The maximum Gasteiger partial charge on any atom is 0.217 e. The predicted molar refractivity (Wildman–Crippen MR) is 128 cm³/mol. The maximum absolute atomic E-state index is 6.92. The molecule has 1 aromatic heterocycles. The number of hydrogen-bond acceptors (Lipinski definition) is 5. The number of aromatic nitrogens is 1. The van der Waals surface area contributed by atoms with E-state index in [1.807, 2.05) is 71.0 Å². The second-order valence-electron chi connectivity index (χ2n) is 6.80. The van der Waals surface area contributed by atoms with Gasteiger partial charge in [-0.25, -0.2) is 0 Å². The Labute approximate surface area is 177 Å². The van der Waals surface area contributed by atoms with Crippen LogP contribution in [0, 0.1) is 12.3 Å². The standard InChI is InChI=1S/C14H25N3O.C8H9N.C2H6/c1-5-7-17(8-6-2)12-9-13(15)16-14(10-12)18-11(3)4;1-7-3-2-4-8(5-7)6-9;1-2/h9-11H,5-8H2,1-4H3,(H2,15,16);2-6,9H,1H3;1-2H3. The van der Waals surface area contributed by atoms with E-state index in [-0.39, 0.29) is 6.10 Å². The van der Waals surface area contributed by atoms with Crippen LogP contribution in [0.2, 0.25) is 0 Å². The Bertz CT molecular complexity index is 695. The third-order valence-corrected chi connectivity index (χ3v) is 3.72. The van der Waals surface area contributed by atoms with Gasteiger partial charge in [0.1, 0.15) is 5.82 Å². The summed E-state index contributed by atoms with van der Waals surface area (Å²) in [4.78, 5) is 6.53. The smallest absolute Gasteiger partial charge is 0.217 e. The van der Waals surface area contributed by atoms with Gasteiger partial charge < -0.3 is 20.8 Å². The van der Waals surface area contributed by atoms with Gasteiger partial charge in [0.05, 0.1) is 6.10 Å². The highest BCUT2D eigenvalue weighted by Gasteiger charge is 2.09. The number of nitrogens with zero attached hydrogens (tertiary/aromatic N) is 2. The first kappa shape index (κ1) is 26.4. The fraction of sp³-hybridized carbons (Fsp3) is 0.500. The molecule has 0 spiro atoms. The number of anilines is 2. The topological polar surface area (TPSA) is 75.2 Å². The molecular weight excluding hydrogens is 360 g/mol. The van der Waals surface area contributed by atoms with Crippen molar-refractivity contribution >= 4 is 17.7 Å². The Balaban J connectivity index is 0.000000595. The van der Waals surface area contributed by atoms with Gasteiger partial charge in [-0.05, 0) is 39.2 Å². The van der Waals surface area contributed by atoms with E-state index in [1.165, 1.54) is 11.8 Å². The van der Waals surface area contributed by atoms with E-state index in [1.54, 1.807) is 0 Å². The number of nitrogens with two attached hydrogens (primary N) is 1. The van der Waals surface area contributed by atoms with Crippen molar-refractivity contribution < 1.29 is 4.74 Å². The summed E-state index contributed by atoms with van der Waals surface area (Å²) in [6.07, 6.45) is 3.69. The first-order valence-corrected chi connectivity index (χ1v) is 10.7. The van der Waals surface area contributed by atoms with Gasteiger partial charge in [0.15, 0.2) is 0 Å². The van der Waals surface area contributed by atoms with E-state index < -0.39 is 0 Å². The molecule has 1 heterocycles. The van der Waals surface area contributed by atoms with Crippen molar-refractivity contribution in [3.63, 3.8) is 0 Å². The number of rotatable bonds is 8. The van der Waals surface area contributed by atoms with Crippen LogP contribution in [0.25, 0.3) is 0 Å². The van der Waals surface area contributed by atoms with Crippen LogP contribution in [0.5, 0.6) is 5.88 Å². The number of hydrogen-bond donors (Lipinski definition) is 2. The van der Waals surface area contributed by atoms with Crippen molar-refractivity contribution in [1.82, 2.24) is 4.98 Å². The second kappa shape index (κ2) is 15.4. The van der Waals surface area contributed by atoms with Crippen molar-refractivity contribution in [1.29, 1.82) is 5.41 Å². The third-order valence-electron chi connectivity index (χ3n) is 3.72. The van der Waals surface area contributed by atoms with Crippen LogP contribution in [0.3, 0.4) is 0 Å². The quantitative estimate of drug-likeness (QED) is 0.525. The zero-order chi connectivity index (χ0) is 22.2. The monoisotopic (exact) mass is 400 g/mol. The fourth-order valence-electron chi connectivity index (χ4n) is 2.67. The molecule has 0 atom stereocenters. The van der Waals surface area contributed by atoms with E-state index in [0.29, 0.717) is 11.7 Å². The number of ether oxygens (including phenoxy) is 1. The Kier molecular flexibility index (Phi) is 14.0. The van der Waals surface area contributed by atoms with Crippen LogP contribution in [-0.2, 0) is 0 Å². The van der Waals surface area contributed by atoms with Gasteiger partial charge in [-0.3, -0.25) is 0 Å². The lowest BCUT2D eigenvalue weighted by Gasteiger charge is -2.24. The van der Waals surface area contributed by atoms with Crippen molar-refractivity contribution in [3.05, 3.63) is 47.5 Å². The van der Waals surface area contributed by atoms with E-state index in [0.717, 1.165) is 37.2 Å². The van der Waals surface area contributed by atoms with Gasteiger partial charge in [0.2, 0.25) is 5.88 Å². The summed E-state index contributed by atoms with van der Waals surface area (Å²) < 4.78 is 5.62. The molecule has 2 rings (SSSR count). The molecular formula is C24H40N4O. The first-order valence-electron chi connectivity index (χ1n) is 10.7. The van der Waals surface area contributed by atoms with Gasteiger partial charge in [-0.15, -0.1) is 0 Å². The summed E-state index contributed by atoms with van der Waals surface area (Å²) in [6, 6.07) is 11.8. The SMILES string of the molecule is CC.CCCN(CCC)c1cc(N)nc(OC(C)C)c1.Cc1cccc(C=N)c1. The molecule has 0 radical (unpaired) electrons. The van der Waals surface area contributed by atoms with Crippen LogP contribution in [0.1, 0.15) is 65.5 Å². The second-order valence-corrected chi connectivity index (χ2v) is 6.80. The van der Waals surface area contributed by atoms with Gasteiger partial charge >= 0.3 is 0 Å². The molecule has 2 aromatic rings. The molecule has 29 heavy (non-hydrogen) atoms. The average molecular weight is 401 g/mol. The lowest BCUT2D eigenvalue weighted by Crippen LogP contribution is -2.25. The zero-order valence-electron chi connectivity index (χ0n) is 19.3. The Hall–Kier alpha value is -2.56. The minimum Gasteiger partial charge on any atom is -0.475 e. The minimum atomic E-state index is 0.109. The van der Waals surface area contributed by atoms with Crippen molar-refractivity contribution in [3.8, 4) is 5.88 Å². The molecule has 0 fully saturated rings. The Morgan fingerprint density at radius 1 is 1.10 bits per heavy atom. The van der Waals surface area contributed by atoms with Crippen molar-refractivity contribution in [2.75, 3.05) is 23.7 Å². The maximum atomic E-state index is 6.92. The summed E-state index contributed by atoms with van der Waals surface area (Å²) >= 11 is 0. The summed E-state index contributed by atoms with van der Waals surface area (Å²) in [5.74, 6) is 1.12. The summed E-state index contributed by atoms with van der Waals surface area (Å²) in [5, 5.41) is 6.92. The number of benzene rings is 1. The Morgan fingerprint density at radius 2 is 1.72 bits per heavy atom. The lowest BCUT2D eigenvalue weighted by molar-refractivity contribution is 0.233.